The predicted molar refractivity (Wildman–Crippen MR) is 137 cm³/mol. The quantitative estimate of drug-likeness (QED) is 0.298. The number of hydrogen-bond donors (Lipinski definition) is 0. The van der Waals surface area contributed by atoms with Crippen molar-refractivity contribution in [2.45, 2.75) is 52.6 Å². The molecule has 3 aromatic rings. The molecule has 34 heavy (non-hydrogen) atoms. The van der Waals surface area contributed by atoms with Crippen molar-refractivity contribution in [3.63, 3.8) is 0 Å². The van der Waals surface area contributed by atoms with E-state index < -0.39 is 5.60 Å². The molecule has 0 spiro atoms. The lowest BCUT2D eigenvalue weighted by atomic mass is 9.70. The van der Waals surface area contributed by atoms with E-state index in [2.05, 4.69) is 32.9 Å². The second kappa shape index (κ2) is 8.23. The van der Waals surface area contributed by atoms with Crippen molar-refractivity contribution in [3.8, 4) is 0 Å². The van der Waals surface area contributed by atoms with Crippen LogP contribution in [0.2, 0.25) is 0 Å². The van der Waals surface area contributed by atoms with E-state index in [-0.39, 0.29) is 16.8 Å². The van der Waals surface area contributed by atoms with Crippen LogP contribution in [0.5, 0.6) is 0 Å². The fraction of sp³-hybridized carbons (Fsp3) is 0.355. The van der Waals surface area contributed by atoms with Crippen molar-refractivity contribution in [3.05, 3.63) is 102 Å². The normalized spacial score (nSPS) is 24.4. The summed E-state index contributed by atoms with van der Waals surface area (Å²) in [6, 6.07) is 28.2. The number of rotatable bonds is 5. The van der Waals surface area contributed by atoms with Crippen molar-refractivity contribution >= 4 is 17.4 Å². The van der Waals surface area contributed by atoms with E-state index in [4.69, 9.17) is 9.73 Å². The number of carbonyl (C=O) groups is 1. The van der Waals surface area contributed by atoms with Crippen molar-refractivity contribution in [1.29, 1.82) is 0 Å². The minimum atomic E-state index is -1.09. The number of aliphatic imine (C=N–C) groups is 1. The van der Waals surface area contributed by atoms with Crippen LogP contribution in [0.25, 0.3) is 0 Å². The Labute approximate surface area is 202 Å². The van der Waals surface area contributed by atoms with Crippen LogP contribution < -0.4 is 0 Å². The van der Waals surface area contributed by atoms with Crippen LogP contribution in [-0.4, -0.2) is 11.7 Å². The Hall–Kier alpha value is -3.20. The molecule has 2 aliphatic carbocycles. The fourth-order valence-corrected chi connectivity index (χ4v) is 6.32. The van der Waals surface area contributed by atoms with E-state index in [1.807, 2.05) is 72.8 Å². The van der Waals surface area contributed by atoms with Crippen LogP contribution in [0.4, 0.5) is 5.69 Å². The monoisotopic (exact) mass is 451 g/mol. The molecular weight excluding hydrogens is 418 g/mol. The van der Waals surface area contributed by atoms with Crippen molar-refractivity contribution in [1.82, 2.24) is 0 Å². The minimum Gasteiger partial charge on any atom is -0.444 e. The Balaban J connectivity index is 1.76. The van der Waals surface area contributed by atoms with Gasteiger partial charge in [0.05, 0.1) is 5.69 Å². The highest BCUT2D eigenvalue weighted by atomic mass is 16.6. The van der Waals surface area contributed by atoms with Gasteiger partial charge in [0.25, 0.3) is 0 Å². The number of esters is 1. The second-order valence-corrected chi connectivity index (χ2v) is 10.6. The molecule has 0 aromatic heterocycles. The van der Waals surface area contributed by atoms with Crippen LogP contribution in [0.3, 0.4) is 0 Å². The Morgan fingerprint density at radius 3 is 1.94 bits per heavy atom. The fourth-order valence-electron chi connectivity index (χ4n) is 6.32. The van der Waals surface area contributed by atoms with Gasteiger partial charge in [0.15, 0.2) is 5.60 Å². The van der Waals surface area contributed by atoms with E-state index in [1.54, 1.807) is 0 Å². The summed E-state index contributed by atoms with van der Waals surface area (Å²) in [5, 5.41) is 0. The molecule has 0 aliphatic heterocycles. The smallest absolute Gasteiger partial charge is 0.304 e. The summed E-state index contributed by atoms with van der Waals surface area (Å²) < 4.78 is 6.32. The zero-order chi connectivity index (χ0) is 24.0. The van der Waals surface area contributed by atoms with E-state index in [0.29, 0.717) is 5.92 Å². The van der Waals surface area contributed by atoms with Gasteiger partial charge in [-0.1, -0.05) is 99.6 Å². The van der Waals surface area contributed by atoms with Gasteiger partial charge in [-0.2, -0.15) is 0 Å². The number of benzene rings is 3. The Morgan fingerprint density at radius 1 is 0.882 bits per heavy atom. The van der Waals surface area contributed by atoms with Gasteiger partial charge < -0.3 is 4.74 Å². The second-order valence-electron chi connectivity index (χ2n) is 10.6. The molecule has 2 bridgehead atoms. The van der Waals surface area contributed by atoms with Gasteiger partial charge in [-0.25, -0.2) is 0 Å². The zero-order valence-corrected chi connectivity index (χ0v) is 20.5. The third-order valence-electron chi connectivity index (χ3n) is 8.71. The minimum absolute atomic E-state index is 0.0916. The molecule has 0 radical (unpaired) electrons. The summed E-state index contributed by atoms with van der Waals surface area (Å²) in [4.78, 5) is 18.0. The lowest BCUT2D eigenvalue weighted by Crippen LogP contribution is -2.35. The Bertz CT molecular complexity index is 1190. The molecule has 5 rings (SSSR count). The maximum absolute atomic E-state index is 12.6. The lowest BCUT2D eigenvalue weighted by Gasteiger charge is -2.37. The highest BCUT2D eigenvalue weighted by Crippen LogP contribution is 2.64. The molecular formula is C31H33NO2. The summed E-state index contributed by atoms with van der Waals surface area (Å²) in [6.45, 7) is 8.66. The molecule has 2 fully saturated rings. The summed E-state index contributed by atoms with van der Waals surface area (Å²) in [5.74, 6) is 0.341. The first kappa shape index (κ1) is 22.6. The molecule has 3 heteroatoms. The van der Waals surface area contributed by atoms with E-state index in [1.165, 1.54) is 25.5 Å². The summed E-state index contributed by atoms with van der Waals surface area (Å²) >= 11 is 0. The number of ether oxygens (including phenoxy) is 1. The molecule has 0 saturated heterocycles. The van der Waals surface area contributed by atoms with Gasteiger partial charge >= 0.3 is 5.97 Å². The average molecular weight is 452 g/mol. The highest BCUT2D eigenvalue weighted by Gasteiger charge is 2.59. The topological polar surface area (TPSA) is 38.7 Å². The molecule has 3 aromatic carbocycles. The first-order valence-electron chi connectivity index (χ1n) is 12.3. The van der Waals surface area contributed by atoms with Gasteiger partial charge in [-0.05, 0) is 36.7 Å². The van der Waals surface area contributed by atoms with Crippen molar-refractivity contribution in [2.75, 3.05) is 0 Å². The lowest BCUT2D eigenvalue weighted by molar-refractivity contribution is -0.150. The zero-order valence-electron chi connectivity index (χ0n) is 20.5. The van der Waals surface area contributed by atoms with Crippen molar-refractivity contribution < 1.29 is 9.53 Å². The van der Waals surface area contributed by atoms with Gasteiger partial charge in [0.2, 0.25) is 0 Å². The third kappa shape index (κ3) is 3.33. The number of para-hydroxylation sites is 1. The van der Waals surface area contributed by atoms with Gasteiger partial charge in [0, 0.05) is 34.7 Å². The van der Waals surface area contributed by atoms with Crippen LogP contribution in [0.1, 0.15) is 63.6 Å². The molecule has 2 saturated carbocycles. The maximum Gasteiger partial charge on any atom is 0.304 e. The number of nitrogens with zero attached hydrogens (tertiary/aromatic N) is 1. The predicted octanol–water partition coefficient (Wildman–Crippen LogP) is 7.46. The van der Waals surface area contributed by atoms with E-state index >= 15 is 0 Å². The standard InChI is InChI=1S/C31H33NO2/c1-22(33)34-31(23-13-7-5-8-14-23,24-15-9-6-10-16-24)26-17-11-12-18-27(26)32-28-21-25-19-20-30(28,4)29(25,2)3/h5-18,25H,19-21H2,1-4H3/t25-,30-/m1/s1. The number of carbonyl (C=O) groups excluding carboxylic acids is 1. The molecule has 0 unspecified atom stereocenters. The van der Waals surface area contributed by atoms with Crippen molar-refractivity contribution in [2.24, 2.45) is 21.7 Å². The van der Waals surface area contributed by atoms with Crippen LogP contribution in [0.15, 0.2) is 89.9 Å². The SMILES string of the molecule is CC(=O)OC(c1ccccc1)(c1ccccc1)c1ccccc1N=C1C[C@H]2CC[C@@]1(C)C2(C)C. The van der Waals surface area contributed by atoms with Gasteiger partial charge in [0.1, 0.15) is 0 Å². The molecule has 174 valence electrons. The largest absolute Gasteiger partial charge is 0.444 e. The first-order valence-corrected chi connectivity index (χ1v) is 12.3. The third-order valence-corrected chi connectivity index (χ3v) is 8.71. The molecule has 3 nitrogen and oxygen atoms in total. The van der Waals surface area contributed by atoms with E-state index in [9.17, 15) is 4.79 Å². The highest BCUT2D eigenvalue weighted by molar-refractivity contribution is 5.96. The summed E-state index contributed by atoms with van der Waals surface area (Å²) in [7, 11) is 0. The van der Waals surface area contributed by atoms with Crippen LogP contribution in [0, 0.1) is 16.7 Å². The molecule has 0 heterocycles. The molecule has 0 amide bonds. The Kier molecular flexibility index (Phi) is 5.47. The summed E-state index contributed by atoms with van der Waals surface area (Å²) in [6.07, 6.45) is 3.49. The van der Waals surface area contributed by atoms with Gasteiger partial charge in [-0.3, -0.25) is 9.79 Å². The molecule has 2 atom stereocenters. The molecule has 0 N–H and O–H groups in total. The average Bonchev–Trinajstić information content (AvgIpc) is 3.18. The number of fused-ring (bicyclic) bond motifs is 2. The Morgan fingerprint density at radius 2 is 1.44 bits per heavy atom. The van der Waals surface area contributed by atoms with Crippen LogP contribution in [-0.2, 0) is 15.1 Å². The van der Waals surface area contributed by atoms with E-state index in [0.717, 1.165) is 28.8 Å². The summed E-state index contributed by atoms with van der Waals surface area (Å²) in [5.41, 5.74) is 4.09. The van der Waals surface area contributed by atoms with Crippen LogP contribution >= 0.6 is 0 Å². The molecule has 2 aliphatic rings. The number of hydrogen-bond acceptors (Lipinski definition) is 3. The first-order chi connectivity index (χ1) is 16.3. The maximum atomic E-state index is 12.6. The van der Waals surface area contributed by atoms with Gasteiger partial charge in [-0.15, -0.1) is 0 Å².